The van der Waals surface area contributed by atoms with Crippen molar-refractivity contribution in [1.82, 2.24) is 20.1 Å². The number of hydrogen-bond donors (Lipinski definition) is 1. The van der Waals surface area contributed by atoms with Crippen LogP contribution in [0.2, 0.25) is 0 Å². The normalized spacial score (nSPS) is 17.8. The first kappa shape index (κ1) is 13.8. The largest absolute Gasteiger partial charge is 0.381 e. The number of hydrogen-bond acceptors (Lipinski definition) is 4. The van der Waals surface area contributed by atoms with Crippen molar-refractivity contribution in [2.75, 3.05) is 19.8 Å². The van der Waals surface area contributed by atoms with Gasteiger partial charge in [-0.15, -0.1) is 0 Å². The Balaban J connectivity index is 1.50. The molecule has 0 aromatic carbocycles. The highest BCUT2D eigenvalue weighted by molar-refractivity contribution is 5.78. The fourth-order valence-electron chi connectivity index (χ4n) is 2.35. The van der Waals surface area contributed by atoms with Gasteiger partial charge in [-0.25, -0.2) is 0 Å². The fraction of sp³-hybridized carbons (Fsp3) is 0.400. The minimum Gasteiger partial charge on any atom is -0.381 e. The quantitative estimate of drug-likeness (QED) is 0.893. The topological polar surface area (TPSA) is 69.0 Å². The number of nitrogens with one attached hydrogen (secondary N) is 1. The minimum absolute atomic E-state index is 0.00794. The monoisotopic (exact) mass is 286 g/mol. The van der Waals surface area contributed by atoms with Crippen molar-refractivity contribution in [2.45, 2.75) is 13.0 Å². The van der Waals surface area contributed by atoms with Gasteiger partial charge in [0.25, 0.3) is 0 Å². The van der Waals surface area contributed by atoms with Crippen LogP contribution in [0.1, 0.15) is 6.42 Å². The molecule has 1 fully saturated rings. The lowest BCUT2D eigenvalue weighted by Gasteiger charge is -2.09. The average Bonchev–Trinajstić information content (AvgIpc) is 3.20. The molecular weight excluding hydrogens is 268 g/mol. The first-order valence-corrected chi connectivity index (χ1v) is 7.11. The lowest BCUT2D eigenvalue weighted by molar-refractivity contribution is -0.124. The Morgan fingerprint density at radius 3 is 3.14 bits per heavy atom. The molecule has 1 N–H and O–H groups in total. The van der Waals surface area contributed by atoms with Crippen LogP contribution in [0.4, 0.5) is 0 Å². The summed E-state index contributed by atoms with van der Waals surface area (Å²) in [6, 6.07) is 3.90. The molecule has 6 heteroatoms. The molecule has 3 rings (SSSR count). The molecule has 2 aromatic heterocycles. The summed E-state index contributed by atoms with van der Waals surface area (Å²) in [5.41, 5.74) is 2.06. The number of aromatic nitrogens is 3. The van der Waals surface area contributed by atoms with Crippen LogP contribution in [-0.4, -0.2) is 40.4 Å². The zero-order valence-electron chi connectivity index (χ0n) is 11.7. The van der Waals surface area contributed by atoms with E-state index in [4.69, 9.17) is 4.74 Å². The molecule has 2 aromatic rings. The van der Waals surface area contributed by atoms with Gasteiger partial charge in [-0.2, -0.15) is 5.10 Å². The number of amides is 1. The van der Waals surface area contributed by atoms with Crippen molar-refractivity contribution in [3.63, 3.8) is 0 Å². The van der Waals surface area contributed by atoms with E-state index in [0.29, 0.717) is 26.3 Å². The van der Waals surface area contributed by atoms with E-state index in [9.17, 15) is 4.79 Å². The summed E-state index contributed by atoms with van der Waals surface area (Å²) < 4.78 is 7.04. The van der Waals surface area contributed by atoms with Gasteiger partial charge in [0, 0.05) is 42.9 Å². The van der Waals surface area contributed by atoms with E-state index in [1.807, 2.05) is 35.4 Å². The van der Waals surface area contributed by atoms with Gasteiger partial charge in [-0.05, 0) is 12.5 Å². The van der Waals surface area contributed by atoms with Gasteiger partial charge in [-0.1, -0.05) is 6.07 Å². The summed E-state index contributed by atoms with van der Waals surface area (Å²) >= 11 is 0. The zero-order valence-corrected chi connectivity index (χ0v) is 11.7. The van der Waals surface area contributed by atoms with Gasteiger partial charge in [0.05, 0.1) is 25.3 Å². The Hall–Kier alpha value is -2.21. The number of pyridine rings is 1. The number of carbonyl (C=O) groups excluding carboxylic acids is 1. The van der Waals surface area contributed by atoms with E-state index in [1.165, 1.54) is 0 Å². The molecular formula is C15H18N4O2. The van der Waals surface area contributed by atoms with Crippen LogP contribution in [0.5, 0.6) is 0 Å². The number of ether oxygens (including phenoxy) is 1. The average molecular weight is 286 g/mol. The van der Waals surface area contributed by atoms with Crippen LogP contribution in [-0.2, 0) is 16.1 Å². The predicted molar refractivity (Wildman–Crippen MR) is 77.4 cm³/mol. The van der Waals surface area contributed by atoms with Crippen molar-refractivity contribution in [2.24, 2.45) is 5.92 Å². The van der Waals surface area contributed by atoms with Gasteiger partial charge >= 0.3 is 0 Å². The van der Waals surface area contributed by atoms with Crippen LogP contribution in [0.3, 0.4) is 0 Å². The summed E-state index contributed by atoms with van der Waals surface area (Å²) in [6.45, 7) is 2.45. The van der Waals surface area contributed by atoms with Crippen LogP contribution >= 0.6 is 0 Å². The van der Waals surface area contributed by atoms with Crippen molar-refractivity contribution in [3.8, 4) is 11.1 Å². The van der Waals surface area contributed by atoms with E-state index >= 15 is 0 Å². The first-order chi connectivity index (χ1) is 10.3. The third kappa shape index (κ3) is 3.46. The maximum Gasteiger partial charge on any atom is 0.225 e. The Labute approximate surface area is 123 Å². The lowest BCUT2D eigenvalue weighted by Crippen LogP contribution is -2.33. The number of carbonyl (C=O) groups is 1. The second kappa shape index (κ2) is 6.49. The van der Waals surface area contributed by atoms with E-state index in [2.05, 4.69) is 15.4 Å². The third-order valence-corrected chi connectivity index (χ3v) is 3.57. The molecule has 0 spiro atoms. The maximum absolute atomic E-state index is 11.8. The van der Waals surface area contributed by atoms with Crippen LogP contribution in [0.25, 0.3) is 11.1 Å². The smallest absolute Gasteiger partial charge is 0.225 e. The van der Waals surface area contributed by atoms with Gasteiger partial charge in [-0.3, -0.25) is 14.5 Å². The third-order valence-electron chi connectivity index (χ3n) is 3.57. The zero-order chi connectivity index (χ0) is 14.5. The number of nitrogens with zero attached hydrogens (tertiary/aromatic N) is 3. The lowest BCUT2D eigenvalue weighted by atomic mass is 10.1. The second-order valence-electron chi connectivity index (χ2n) is 5.09. The molecule has 21 heavy (non-hydrogen) atoms. The SMILES string of the molecule is O=C(NCCn1cc(-c2cccnc2)cn1)C1CCOC1. The fourth-order valence-corrected chi connectivity index (χ4v) is 2.35. The highest BCUT2D eigenvalue weighted by atomic mass is 16.5. The van der Waals surface area contributed by atoms with Gasteiger partial charge in [0.15, 0.2) is 0 Å². The Morgan fingerprint density at radius 2 is 2.38 bits per heavy atom. The molecule has 1 saturated heterocycles. The molecule has 0 radical (unpaired) electrons. The standard InChI is InChI=1S/C15H18N4O2/c20-15(13-3-7-21-11-13)17-5-6-19-10-14(9-18-19)12-2-1-4-16-8-12/h1-2,4,8-10,13H,3,5-7,11H2,(H,17,20). The maximum atomic E-state index is 11.8. The molecule has 3 heterocycles. The highest BCUT2D eigenvalue weighted by Crippen LogP contribution is 2.16. The van der Waals surface area contributed by atoms with Gasteiger partial charge < -0.3 is 10.1 Å². The molecule has 1 atom stereocenters. The highest BCUT2D eigenvalue weighted by Gasteiger charge is 2.22. The molecule has 1 aliphatic rings. The van der Waals surface area contributed by atoms with Crippen molar-refractivity contribution >= 4 is 5.91 Å². The Morgan fingerprint density at radius 1 is 1.43 bits per heavy atom. The van der Waals surface area contributed by atoms with E-state index in [0.717, 1.165) is 17.5 Å². The van der Waals surface area contributed by atoms with Gasteiger partial charge in [0.1, 0.15) is 0 Å². The molecule has 1 aliphatic heterocycles. The Bertz CT molecular complexity index is 591. The number of rotatable bonds is 5. The van der Waals surface area contributed by atoms with Crippen LogP contribution in [0.15, 0.2) is 36.9 Å². The van der Waals surface area contributed by atoms with Gasteiger partial charge in [0.2, 0.25) is 5.91 Å². The summed E-state index contributed by atoms with van der Waals surface area (Å²) in [5.74, 6) is 0.0840. The molecule has 6 nitrogen and oxygen atoms in total. The summed E-state index contributed by atoms with van der Waals surface area (Å²) in [6.07, 6.45) is 8.14. The minimum atomic E-state index is 0.00794. The van der Waals surface area contributed by atoms with E-state index < -0.39 is 0 Å². The Kier molecular flexibility index (Phi) is 4.25. The van der Waals surface area contributed by atoms with Crippen molar-refractivity contribution in [1.29, 1.82) is 0 Å². The van der Waals surface area contributed by atoms with Crippen LogP contribution in [0, 0.1) is 5.92 Å². The van der Waals surface area contributed by atoms with E-state index in [-0.39, 0.29) is 11.8 Å². The van der Waals surface area contributed by atoms with Crippen LogP contribution < -0.4 is 5.32 Å². The molecule has 1 amide bonds. The molecule has 0 aliphatic carbocycles. The summed E-state index contributed by atoms with van der Waals surface area (Å²) in [7, 11) is 0. The van der Waals surface area contributed by atoms with Crippen molar-refractivity contribution < 1.29 is 9.53 Å². The molecule has 1 unspecified atom stereocenters. The predicted octanol–water partition coefficient (Wildman–Crippen LogP) is 1.10. The summed E-state index contributed by atoms with van der Waals surface area (Å²) in [5, 5.41) is 7.23. The molecule has 0 bridgehead atoms. The first-order valence-electron chi connectivity index (χ1n) is 7.11. The molecule has 0 saturated carbocycles. The van der Waals surface area contributed by atoms with Crippen molar-refractivity contribution in [3.05, 3.63) is 36.9 Å². The second-order valence-corrected chi connectivity index (χ2v) is 5.09. The molecule has 110 valence electrons. The summed E-state index contributed by atoms with van der Waals surface area (Å²) in [4.78, 5) is 15.9. The van der Waals surface area contributed by atoms with E-state index in [1.54, 1.807) is 6.20 Å².